The van der Waals surface area contributed by atoms with Gasteiger partial charge in [-0.05, 0) is 42.5 Å². The zero-order valence-corrected chi connectivity index (χ0v) is 12.7. The number of hydrogen-bond donors (Lipinski definition) is 0. The third kappa shape index (κ3) is 2.67. The maximum absolute atomic E-state index is 14.5. The van der Waals surface area contributed by atoms with Gasteiger partial charge in [0.05, 0.1) is 0 Å². The Morgan fingerprint density at radius 1 is 0.913 bits per heavy atom. The first kappa shape index (κ1) is 15.8. The third-order valence-corrected chi connectivity index (χ3v) is 4.16. The summed E-state index contributed by atoms with van der Waals surface area (Å²) >= 11 is 0. The fourth-order valence-electron chi connectivity index (χ4n) is 3.00. The van der Waals surface area contributed by atoms with Gasteiger partial charge in [-0.3, -0.25) is 0 Å². The zero-order chi connectivity index (χ0) is 16.6. The quantitative estimate of drug-likeness (QED) is 0.625. The van der Waals surface area contributed by atoms with Crippen LogP contribution in [0.2, 0.25) is 0 Å². The molecule has 1 aliphatic rings. The Morgan fingerprint density at radius 3 is 2.35 bits per heavy atom. The molecule has 0 aliphatic heterocycles. The van der Waals surface area contributed by atoms with Crippen molar-refractivity contribution in [3.8, 4) is 11.1 Å². The van der Waals surface area contributed by atoms with E-state index in [1.165, 1.54) is 12.1 Å². The molecule has 0 amide bonds. The highest BCUT2D eigenvalue weighted by atomic mass is 19.2. The van der Waals surface area contributed by atoms with E-state index in [9.17, 15) is 17.6 Å². The van der Waals surface area contributed by atoms with Gasteiger partial charge in [-0.25, -0.2) is 17.6 Å². The minimum atomic E-state index is -1.11. The summed E-state index contributed by atoms with van der Waals surface area (Å²) in [5, 5.41) is 0. The van der Waals surface area contributed by atoms with Gasteiger partial charge in [0.25, 0.3) is 0 Å². The Kier molecular flexibility index (Phi) is 4.24. The van der Waals surface area contributed by atoms with Crippen LogP contribution in [-0.4, -0.2) is 0 Å². The van der Waals surface area contributed by atoms with E-state index in [0.717, 1.165) is 18.9 Å². The Labute approximate surface area is 132 Å². The van der Waals surface area contributed by atoms with Crippen molar-refractivity contribution in [2.45, 2.75) is 32.6 Å². The minimum absolute atomic E-state index is 0.145. The molecule has 2 aromatic rings. The third-order valence-electron chi connectivity index (χ3n) is 4.16. The van der Waals surface area contributed by atoms with Crippen molar-refractivity contribution in [2.75, 3.05) is 0 Å². The van der Waals surface area contributed by atoms with Crippen molar-refractivity contribution in [1.82, 2.24) is 0 Å². The standard InChI is InChI=1S/C19H16F4/c1-2-3-4-5-13-10-12-7-6-11-8-9-14(20)18(22)15(11)16(12)19(23)17(13)21/h4-5,8-10H,2-3,6-7H2,1H3. The van der Waals surface area contributed by atoms with Gasteiger partial charge in [-0.1, -0.05) is 31.6 Å². The van der Waals surface area contributed by atoms with Gasteiger partial charge in [0.15, 0.2) is 23.3 Å². The highest BCUT2D eigenvalue weighted by Gasteiger charge is 2.27. The fraction of sp³-hybridized carbons (Fsp3) is 0.263. The summed E-state index contributed by atoms with van der Waals surface area (Å²) in [4.78, 5) is 0. The summed E-state index contributed by atoms with van der Waals surface area (Å²) in [6, 6.07) is 3.99. The van der Waals surface area contributed by atoms with Gasteiger partial charge in [-0.15, -0.1) is 0 Å². The summed E-state index contributed by atoms with van der Waals surface area (Å²) in [6.07, 6.45) is 5.94. The lowest BCUT2D eigenvalue weighted by Crippen LogP contribution is -2.11. The average molecular weight is 320 g/mol. The first-order chi connectivity index (χ1) is 11.0. The molecule has 2 aromatic carbocycles. The van der Waals surface area contributed by atoms with Crippen molar-refractivity contribution in [3.63, 3.8) is 0 Å². The maximum Gasteiger partial charge on any atom is 0.167 e. The molecule has 0 unspecified atom stereocenters. The molecule has 0 spiro atoms. The molecular formula is C19H16F4. The van der Waals surface area contributed by atoms with Gasteiger partial charge >= 0.3 is 0 Å². The lowest BCUT2D eigenvalue weighted by atomic mass is 9.83. The molecule has 0 N–H and O–H groups in total. The summed E-state index contributed by atoms with van der Waals surface area (Å²) in [7, 11) is 0. The normalized spacial score (nSPS) is 13.3. The average Bonchev–Trinajstić information content (AvgIpc) is 2.55. The van der Waals surface area contributed by atoms with Crippen LogP contribution in [0, 0.1) is 23.3 Å². The Morgan fingerprint density at radius 2 is 1.61 bits per heavy atom. The fourth-order valence-corrected chi connectivity index (χ4v) is 3.00. The maximum atomic E-state index is 14.5. The molecular weight excluding hydrogens is 304 g/mol. The van der Waals surface area contributed by atoms with Crippen molar-refractivity contribution in [1.29, 1.82) is 0 Å². The Balaban J connectivity index is 2.20. The number of unbranched alkanes of at least 4 members (excludes halogenated alkanes) is 1. The van der Waals surface area contributed by atoms with Crippen molar-refractivity contribution in [2.24, 2.45) is 0 Å². The molecule has 1 aliphatic carbocycles. The zero-order valence-electron chi connectivity index (χ0n) is 12.7. The lowest BCUT2D eigenvalue weighted by molar-refractivity contribution is 0.496. The van der Waals surface area contributed by atoms with Crippen LogP contribution in [0.4, 0.5) is 17.6 Å². The van der Waals surface area contributed by atoms with Gasteiger partial charge in [0.2, 0.25) is 0 Å². The number of aryl methyl sites for hydroxylation is 2. The van der Waals surface area contributed by atoms with Crippen molar-refractivity contribution in [3.05, 3.63) is 64.2 Å². The number of fused-ring (bicyclic) bond motifs is 3. The van der Waals surface area contributed by atoms with E-state index in [2.05, 4.69) is 0 Å². The van der Waals surface area contributed by atoms with E-state index >= 15 is 0 Å². The van der Waals surface area contributed by atoms with E-state index in [4.69, 9.17) is 0 Å². The predicted molar refractivity (Wildman–Crippen MR) is 83.1 cm³/mol. The van der Waals surface area contributed by atoms with Crippen LogP contribution in [0.1, 0.15) is 36.5 Å². The molecule has 0 saturated heterocycles. The van der Waals surface area contributed by atoms with E-state index in [0.29, 0.717) is 24.0 Å². The van der Waals surface area contributed by atoms with Crippen LogP contribution in [0.25, 0.3) is 17.2 Å². The van der Waals surface area contributed by atoms with Crippen LogP contribution < -0.4 is 0 Å². The second-order valence-corrected chi connectivity index (χ2v) is 5.71. The summed E-state index contributed by atoms with van der Waals surface area (Å²) in [5.41, 5.74) is 0.871. The van der Waals surface area contributed by atoms with E-state index < -0.39 is 23.3 Å². The second-order valence-electron chi connectivity index (χ2n) is 5.71. The Bertz CT molecular complexity index is 791. The molecule has 0 bridgehead atoms. The van der Waals surface area contributed by atoms with Crippen molar-refractivity contribution < 1.29 is 17.6 Å². The van der Waals surface area contributed by atoms with Gasteiger partial charge in [0.1, 0.15) is 0 Å². The summed E-state index contributed by atoms with van der Waals surface area (Å²) in [6.45, 7) is 1.99. The second kappa shape index (κ2) is 6.19. The first-order valence-corrected chi connectivity index (χ1v) is 7.69. The molecule has 23 heavy (non-hydrogen) atoms. The highest BCUT2D eigenvalue weighted by Crippen LogP contribution is 2.40. The smallest absolute Gasteiger partial charge is 0.167 e. The van der Waals surface area contributed by atoms with Crippen molar-refractivity contribution >= 4 is 6.08 Å². The summed E-state index contributed by atoms with van der Waals surface area (Å²) in [5.74, 6) is -4.30. The van der Waals surface area contributed by atoms with E-state index in [-0.39, 0.29) is 16.7 Å². The molecule has 0 nitrogen and oxygen atoms in total. The number of halogens is 4. The Hall–Kier alpha value is -2.10. The largest absolute Gasteiger partial charge is 0.204 e. The van der Waals surface area contributed by atoms with Crippen LogP contribution in [0.3, 0.4) is 0 Å². The number of benzene rings is 2. The van der Waals surface area contributed by atoms with Gasteiger partial charge in [0, 0.05) is 16.7 Å². The molecule has 0 radical (unpaired) electrons. The van der Waals surface area contributed by atoms with E-state index in [1.54, 1.807) is 12.2 Å². The van der Waals surface area contributed by atoms with Gasteiger partial charge in [-0.2, -0.15) is 0 Å². The SMILES string of the molecule is CCCC=Cc1cc2c(c(F)c1F)-c1c(ccc(F)c1F)CC2. The molecule has 3 rings (SSSR count). The van der Waals surface area contributed by atoms with Gasteiger partial charge < -0.3 is 0 Å². The van der Waals surface area contributed by atoms with Crippen LogP contribution >= 0.6 is 0 Å². The minimum Gasteiger partial charge on any atom is -0.204 e. The number of rotatable bonds is 3. The number of hydrogen-bond acceptors (Lipinski definition) is 0. The molecule has 4 heteroatoms. The molecule has 0 atom stereocenters. The predicted octanol–water partition coefficient (Wildman–Crippen LogP) is 5.82. The molecule has 0 heterocycles. The lowest BCUT2D eigenvalue weighted by Gasteiger charge is -2.22. The highest BCUT2D eigenvalue weighted by molar-refractivity contribution is 5.76. The van der Waals surface area contributed by atoms with Crippen LogP contribution in [0.5, 0.6) is 0 Å². The molecule has 120 valence electrons. The topological polar surface area (TPSA) is 0 Å². The van der Waals surface area contributed by atoms with E-state index in [1.807, 2.05) is 6.92 Å². The van der Waals surface area contributed by atoms with Crippen LogP contribution in [-0.2, 0) is 12.8 Å². The number of allylic oxidation sites excluding steroid dienone is 1. The monoisotopic (exact) mass is 320 g/mol. The molecule has 0 aromatic heterocycles. The molecule has 0 fully saturated rings. The molecule has 0 saturated carbocycles. The first-order valence-electron chi connectivity index (χ1n) is 7.69. The van der Waals surface area contributed by atoms with Crippen LogP contribution in [0.15, 0.2) is 24.3 Å². The summed E-state index contributed by atoms with van der Waals surface area (Å²) < 4.78 is 56.5.